The summed E-state index contributed by atoms with van der Waals surface area (Å²) in [7, 11) is -4.21. The van der Waals surface area contributed by atoms with E-state index in [2.05, 4.69) is 32.7 Å². The topological polar surface area (TPSA) is 171 Å². The van der Waals surface area contributed by atoms with Crippen molar-refractivity contribution in [1.82, 2.24) is 5.32 Å². The largest absolute Gasteiger partial charge is 0.508 e. The summed E-state index contributed by atoms with van der Waals surface area (Å²) in [5, 5.41) is 3.81. The van der Waals surface area contributed by atoms with Crippen LogP contribution in [0.2, 0.25) is 0 Å². The van der Waals surface area contributed by atoms with Crippen LogP contribution in [-0.4, -0.2) is 80.1 Å². The third-order valence-corrected chi connectivity index (χ3v) is 19.8. The normalized spacial score (nSPS) is 17.0. The fraction of sp³-hybridized carbons (Fsp3) is 0.615. The van der Waals surface area contributed by atoms with E-state index in [1.807, 2.05) is 60.7 Å². The van der Waals surface area contributed by atoms with Crippen molar-refractivity contribution in [2.75, 3.05) is 13.2 Å². The Hall–Kier alpha value is -5.63. The number of hydrogen-bond acceptors (Lipinski definition) is 13. The van der Waals surface area contributed by atoms with Crippen LogP contribution in [0.3, 0.4) is 0 Å². The number of nitrogens with one attached hydrogen (secondary N) is 1. The van der Waals surface area contributed by atoms with Gasteiger partial charge in [-0.1, -0.05) is 297 Å². The maximum atomic E-state index is 16.2. The number of esters is 2. The van der Waals surface area contributed by atoms with Crippen molar-refractivity contribution in [1.29, 1.82) is 0 Å². The molecule has 1 aliphatic rings. The molecule has 1 fully saturated rings. The Labute approximate surface area is 559 Å². The molecule has 1 saturated heterocycles. The van der Waals surface area contributed by atoms with Crippen LogP contribution in [0.5, 0.6) is 0 Å². The predicted octanol–water partition coefficient (Wildman–Crippen LogP) is 18.8. The molecule has 0 bridgehead atoms. The highest BCUT2D eigenvalue weighted by Crippen LogP contribution is 2.49. The van der Waals surface area contributed by atoms with Gasteiger partial charge in [-0.2, -0.15) is 0 Å². The van der Waals surface area contributed by atoms with Gasteiger partial charge in [0, 0.05) is 17.0 Å². The lowest BCUT2D eigenvalue weighted by Crippen LogP contribution is -2.66. The minimum absolute atomic E-state index is 0.0665. The number of unbranched alkanes of at least 4 members (excludes halogenated alkanes) is 26. The van der Waals surface area contributed by atoms with Crippen molar-refractivity contribution in [3.05, 3.63) is 145 Å². The zero-order valence-corrected chi connectivity index (χ0v) is 57.9. The molecule has 4 aromatic rings. The molecule has 1 amide bonds. The Morgan fingerprint density at radius 3 is 1.44 bits per heavy atom. The van der Waals surface area contributed by atoms with E-state index in [0.717, 1.165) is 88.2 Å². The summed E-state index contributed by atoms with van der Waals surface area (Å²) in [5.74, 6) is -1.58. The first-order valence-electron chi connectivity index (χ1n) is 36.0. The second kappa shape index (κ2) is 49.0. The van der Waals surface area contributed by atoms with E-state index in [1.54, 1.807) is 60.7 Å². The Morgan fingerprint density at radius 2 is 0.957 bits per heavy atom. The van der Waals surface area contributed by atoms with Gasteiger partial charge < -0.3 is 43.0 Å². The van der Waals surface area contributed by atoms with Crippen molar-refractivity contribution < 1.29 is 61.4 Å². The van der Waals surface area contributed by atoms with Gasteiger partial charge in [-0.15, -0.1) is 6.58 Å². The van der Waals surface area contributed by atoms with E-state index in [4.69, 9.17) is 37.7 Å². The van der Waals surface area contributed by atoms with Gasteiger partial charge in [0.2, 0.25) is 5.91 Å². The van der Waals surface area contributed by atoms with Crippen LogP contribution in [-0.2, 0) is 69.8 Å². The molecule has 0 unspecified atom stereocenters. The van der Waals surface area contributed by atoms with Gasteiger partial charge >= 0.3 is 18.1 Å². The van der Waals surface area contributed by atoms with E-state index < -0.39 is 74.9 Å². The van der Waals surface area contributed by atoms with Crippen molar-refractivity contribution in [3.63, 3.8) is 0 Å². The summed E-state index contributed by atoms with van der Waals surface area (Å²) in [5.41, 5.74) is 1.70. The highest BCUT2D eigenvalue weighted by atomic mass is 31.2. The predicted molar refractivity (Wildman–Crippen MR) is 373 cm³/mol. The second-order valence-electron chi connectivity index (χ2n) is 25.3. The average molecular weight is 1310 g/mol. The molecule has 14 nitrogen and oxygen atoms in total. The standard InChI is InChI=1S/C78H116NO13P/c1-5-9-12-15-18-21-22-25-28-31-46-57-72(81)89-67(52-41-30-27-24-20-17-14-11-7-3)60-73(82)91-76-74(79-71(80)59-66(86-61-64-47-36-32-37-48-64)51-40-29-26-23-19-16-13-10-6-2)77(85-58-8-4)90-70(63-88-78(83)87-62-65-49-38-33-39-50-65)75(76)92-93(84,68-53-42-34-43-54-68)69-55-44-35-45-56-69/h8,32-39,42-45,47-50,53-56,66-67,70,74-77H,4-7,9-31,40-41,46,51-52,57-63H2,1-3H3,(H,79,80)/t66-,67-,70-,74-,75-,76-,77+/m1/s1. The number of carbonyl (C=O) groups excluding carboxylic acids is 4. The van der Waals surface area contributed by atoms with E-state index in [1.165, 1.54) is 109 Å². The molecule has 7 atom stereocenters. The molecule has 1 aliphatic heterocycles. The van der Waals surface area contributed by atoms with E-state index in [0.29, 0.717) is 29.9 Å². The SMILES string of the molecule is C=CCO[C@H]1O[C@H](COC(=O)OCc2ccccc2)[C@@H](OP(=O)(c2ccccc2)c2ccccc2)[C@H](OC(=O)C[C@@H](CCCCCCCCCCC)OC(=O)CCCCCCCCCCCCC)[C@H]1NC(=O)C[C@@H](CCCCCCCCCCC)OCc1ccccc1. The maximum Gasteiger partial charge on any atom is 0.508 e. The third-order valence-electron chi connectivity index (χ3n) is 17.3. The summed E-state index contributed by atoms with van der Waals surface area (Å²) in [6.45, 7) is 10.2. The highest BCUT2D eigenvalue weighted by molar-refractivity contribution is 7.74. The molecule has 0 aliphatic carbocycles. The number of hydrogen-bond donors (Lipinski definition) is 1. The molecule has 0 saturated carbocycles. The number of amides is 1. The lowest BCUT2D eigenvalue weighted by atomic mass is 9.95. The fourth-order valence-corrected chi connectivity index (χ4v) is 14.2. The average Bonchev–Trinajstić information content (AvgIpc) is 0.766. The molecule has 0 aromatic heterocycles. The molecule has 93 heavy (non-hydrogen) atoms. The van der Waals surface area contributed by atoms with E-state index in [9.17, 15) is 9.59 Å². The van der Waals surface area contributed by atoms with Crippen LogP contribution < -0.4 is 15.9 Å². The van der Waals surface area contributed by atoms with Crippen LogP contribution in [0.1, 0.15) is 250 Å². The number of rotatable bonds is 53. The molecular weight excluding hydrogens is 1190 g/mol. The smallest absolute Gasteiger partial charge is 0.462 e. The monoisotopic (exact) mass is 1310 g/mol. The first kappa shape index (κ1) is 78.1. The highest BCUT2D eigenvalue weighted by Gasteiger charge is 2.53. The first-order chi connectivity index (χ1) is 45.6. The molecule has 516 valence electrons. The van der Waals surface area contributed by atoms with Gasteiger partial charge in [0.1, 0.15) is 37.6 Å². The Bertz CT molecular complexity index is 2580. The zero-order valence-electron chi connectivity index (χ0n) is 57.0. The van der Waals surface area contributed by atoms with Crippen LogP contribution in [0.25, 0.3) is 0 Å². The van der Waals surface area contributed by atoms with Crippen molar-refractivity contribution in [2.24, 2.45) is 0 Å². The van der Waals surface area contributed by atoms with Gasteiger partial charge in [0.05, 0.1) is 32.2 Å². The van der Waals surface area contributed by atoms with Gasteiger partial charge in [0.25, 0.3) is 7.37 Å². The number of carbonyl (C=O) groups is 4. The third kappa shape index (κ3) is 32.6. The van der Waals surface area contributed by atoms with Crippen LogP contribution in [0.15, 0.2) is 134 Å². The second-order valence-corrected chi connectivity index (χ2v) is 27.6. The van der Waals surface area contributed by atoms with Gasteiger partial charge in [-0.05, 0) is 61.1 Å². The minimum Gasteiger partial charge on any atom is -0.462 e. The number of ether oxygens (including phenoxy) is 7. The lowest BCUT2D eigenvalue weighted by Gasteiger charge is -2.46. The quantitative estimate of drug-likeness (QED) is 0.0146. The first-order valence-corrected chi connectivity index (χ1v) is 37.6. The molecule has 0 radical (unpaired) electrons. The van der Waals surface area contributed by atoms with Gasteiger partial charge in [0.15, 0.2) is 12.4 Å². The molecule has 4 aromatic carbocycles. The van der Waals surface area contributed by atoms with E-state index in [-0.39, 0.29) is 45.1 Å². The van der Waals surface area contributed by atoms with Crippen LogP contribution in [0.4, 0.5) is 4.79 Å². The molecular formula is C78H116NO13P. The van der Waals surface area contributed by atoms with Crippen LogP contribution >= 0.6 is 7.37 Å². The van der Waals surface area contributed by atoms with Gasteiger partial charge in [-0.3, -0.25) is 18.9 Å². The summed E-state index contributed by atoms with van der Waals surface area (Å²) in [4.78, 5) is 57.7. The Balaban J connectivity index is 1.49. The summed E-state index contributed by atoms with van der Waals surface area (Å²) < 4.78 is 67.4. The molecule has 15 heteroatoms. The van der Waals surface area contributed by atoms with Crippen molar-refractivity contribution >= 4 is 42.0 Å². The van der Waals surface area contributed by atoms with E-state index >= 15 is 14.2 Å². The summed E-state index contributed by atoms with van der Waals surface area (Å²) >= 11 is 0. The molecule has 1 heterocycles. The Kier molecular flexibility index (Phi) is 41.1. The fourth-order valence-electron chi connectivity index (χ4n) is 12.0. The Morgan fingerprint density at radius 1 is 0.516 bits per heavy atom. The molecule has 0 spiro atoms. The number of benzene rings is 4. The zero-order chi connectivity index (χ0) is 66.2. The summed E-state index contributed by atoms with van der Waals surface area (Å²) in [6.07, 6.45) is 26.9. The minimum atomic E-state index is -4.21. The van der Waals surface area contributed by atoms with Crippen LogP contribution in [0, 0.1) is 0 Å². The van der Waals surface area contributed by atoms with Crippen molar-refractivity contribution in [3.8, 4) is 0 Å². The van der Waals surface area contributed by atoms with Gasteiger partial charge in [-0.25, -0.2) is 4.79 Å². The summed E-state index contributed by atoms with van der Waals surface area (Å²) in [6, 6.07) is 35.1. The lowest BCUT2D eigenvalue weighted by molar-refractivity contribution is -0.267. The molecule has 1 N–H and O–H groups in total. The molecule has 5 rings (SSSR count). The maximum absolute atomic E-state index is 16.2. The van der Waals surface area contributed by atoms with Crippen molar-refractivity contribution in [2.45, 2.75) is 295 Å².